The van der Waals surface area contributed by atoms with Gasteiger partial charge in [0.05, 0.1) is 19.3 Å². The number of rotatable bonds is 7. The third-order valence-electron chi connectivity index (χ3n) is 3.84. The average molecular weight is 392 g/mol. The second kappa shape index (κ2) is 9.68. The van der Waals surface area contributed by atoms with E-state index in [1.807, 2.05) is 5.43 Å². The van der Waals surface area contributed by atoms with Crippen LogP contribution in [0.4, 0.5) is 8.78 Å². The fourth-order valence-electron chi connectivity index (χ4n) is 2.26. The van der Waals surface area contributed by atoms with Gasteiger partial charge in [-0.15, -0.1) is 0 Å². The van der Waals surface area contributed by atoms with Gasteiger partial charge >= 0.3 is 0 Å². The summed E-state index contributed by atoms with van der Waals surface area (Å²) in [6.45, 7) is 4.67. The zero-order valence-corrected chi connectivity index (χ0v) is 15.8. The van der Waals surface area contributed by atoms with Crippen LogP contribution in [0.25, 0.3) is 0 Å². The van der Waals surface area contributed by atoms with E-state index in [1.54, 1.807) is 6.07 Å². The Kier molecular flexibility index (Phi) is 7.31. The summed E-state index contributed by atoms with van der Waals surface area (Å²) < 4.78 is 37.6. The van der Waals surface area contributed by atoms with Crippen molar-refractivity contribution in [2.75, 3.05) is 13.7 Å². The molecule has 0 fully saturated rings. The van der Waals surface area contributed by atoms with E-state index in [9.17, 15) is 18.4 Å². The molecular formula is C20H22F2N2O4. The van der Waals surface area contributed by atoms with E-state index >= 15 is 0 Å². The number of methoxy groups -OCH3 is 1. The summed E-state index contributed by atoms with van der Waals surface area (Å²) >= 11 is 0. The number of hydrogen-bond donors (Lipinski definition) is 2. The van der Waals surface area contributed by atoms with Gasteiger partial charge < -0.3 is 9.47 Å². The molecule has 2 aromatic rings. The van der Waals surface area contributed by atoms with E-state index < -0.39 is 29.0 Å². The van der Waals surface area contributed by atoms with Crippen molar-refractivity contribution in [3.05, 3.63) is 59.2 Å². The van der Waals surface area contributed by atoms with Crippen LogP contribution in [0.5, 0.6) is 11.5 Å². The summed E-state index contributed by atoms with van der Waals surface area (Å²) in [4.78, 5) is 24.2. The molecule has 0 bridgehead atoms. The summed E-state index contributed by atoms with van der Waals surface area (Å²) in [7, 11) is 1.45. The Labute approximate surface area is 161 Å². The van der Waals surface area contributed by atoms with Crippen molar-refractivity contribution < 1.29 is 27.8 Å². The first-order chi connectivity index (χ1) is 13.3. The Morgan fingerprint density at radius 1 is 1.00 bits per heavy atom. The third-order valence-corrected chi connectivity index (χ3v) is 3.84. The minimum Gasteiger partial charge on any atom is -0.493 e. The summed E-state index contributed by atoms with van der Waals surface area (Å²) in [6, 6.07) is 6.99. The normalized spacial score (nSPS) is 10.5. The first kappa shape index (κ1) is 21.1. The number of ether oxygens (including phenoxy) is 2. The van der Waals surface area contributed by atoms with Gasteiger partial charge in [0.15, 0.2) is 11.5 Å². The summed E-state index contributed by atoms with van der Waals surface area (Å²) in [5.41, 5.74) is 3.86. The molecular weight excluding hydrogens is 370 g/mol. The minimum atomic E-state index is -0.981. The maximum atomic E-state index is 13.6. The van der Waals surface area contributed by atoms with Crippen LogP contribution in [0.2, 0.25) is 0 Å². The Bertz CT molecular complexity index is 856. The molecule has 2 rings (SSSR count). The van der Waals surface area contributed by atoms with E-state index in [4.69, 9.17) is 9.47 Å². The minimum absolute atomic E-state index is 0.188. The fraction of sp³-hybridized carbons (Fsp3) is 0.300. The molecule has 0 aliphatic carbocycles. The van der Waals surface area contributed by atoms with Crippen LogP contribution in [0.15, 0.2) is 36.4 Å². The van der Waals surface area contributed by atoms with Crippen molar-refractivity contribution >= 4 is 11.8 Å². The van der Waals surface area contributed by atoms with Crippen LogP contribution in [0.3, 0.4) is 0 Å². The van der Waals surface area contributed by atoms with Crippen molar-refractivity contribution in [2.45, 2.75) is 20.3 Å². The lowest BCUT2D eigenvalue weighted by Crippen LogP contribution is -2.42. The molecule has 0 saturated heterocycles. The quantitative estimate of drug-likeness (QED) is 0.708. The van der Waals surface area contributed by atoms with Gasteiger partial charge in [0.1, 0.15) is 11.6 Å². The monoisotopic (exact) mass is 392 g/mol. The van der Waals surface area contributed by atoms with Crippen molar-refractivity contribution in [1.82, 2.24) is 10.9 Å². The van der Waals surface area contributed by atoms with Crippen molar-refractivity contribution in [2.24, 2.45) is 5.92 Å². The highest BCUT2D eigenvalue weighted by atomic mass is 19.1. The lowest BCUT2D eigenvalue weighted by Gasteiger charge is -2.13. The van der Waals surface area contributed by atoms with Gasteiger partial charge in [-0.1, -0.05) is 13.8 Å². The molecule has 2 N–H and O–H groups in total. The zero-order valence-electron chi connectivity index (χ0n) is 15.8. The van der Waals surface area contributed by atoms with Crippen molar-refractivity contribution in [1.29, 1.82) is 0 Å². The highest BCUT2D eigenvalue weighted by molar-refractivity contribution is 5.99. The predicted octanol–water partition coefficient (Wildman–Crippen LogP) is 3.47. The van der Waals surface area contributed by atoms with E-state index in [1.165, 1.54) is 19.2 Å². The van der Waals surface area contributed by atoms with Gasteiger partial charge in [0, 0.05) is 5.56 Å². The highest BCUT2D eigenvalue weighted by Gasteiger charge is 2.15. The molecule has 0 unspecified atom stereocenters. The summed E-state index contributed by atoms with van der Waals surface area (Å²) in [6.07, 6.45) is 0.869. The number of halogens is 2. The van der Waals surface area contributed by atoms with Gasteiger partial charge in [-0.05, 0) is 48.7 Å². The molecule has 6 nitrogen and oxygen atoms in total. The molecule has 0 spiro atoms. The molecule has 0 saturated carbocycles. The van der Waals surface area contributed by atoms with Gasteiger partial charge in [-0.3, -0.25) is 20.4 Å². The molecule has 0 radical (unpaired) electrons. The van der Waals surface area contributed by atoms with Gasteiger partial charge in [0.2, 0.25) is 0 Å². The third kappa shape index (κ3) is 5.67. The number of hydrogen-bond acceptors (Lipinski definition) is 4. The highest BCUT2D eigenvalue weighted by Crippen LogP contribution is 2.28. The fourth-order valence-corrected chi connectivity index (χ4v) is 2.26. The first-order valence-corrected chi connectivity index (χ1v) is 8.68. The molecule has 2 amide bonds. The maximum absolute atomic E-state index is 13.6. The van der Waals surface area contributed by atoms with Crippen LogP contribution in [0, 0.1) is 17.6 Å². The van der Waals surface area contributed by atoms with Gasteiger partial charge in [0.25, 0.3) is 11.8 Å². The van der Waals surface area contributed by atoms with E-state index in [-0.39, 0.29) is 5.56 Å². The van der Waals surface area contributed by atoms with Gasteiger partial charge in [-0.25, -0.2) is 8.78 Å². The second-order valence-corrected chi connectivity index (χ2v) is 6.43. The largest absolute Gasteiger partial charge is 0.493 e. The molecule has 0 heterocycles. The molecule has 8 heteroatoms. The molecule has 0 aliphatic rings. The molecule has 0 atom stereocenters. The number of amides is 2. The number of hydrazine groups is 1. The molecule has 0 aliphatic heterocycles. The second-order valence-electron chi connectivity index (χ2n) is 6.43. The summed E-state index contributed by atoms with van der Waals surface area (Å²) in [5.74, 6) is -1.97. The molecule has 0 aromatic heterocycles. The number of carbonyl (C=O) groups excluding carboxylic acids is 2. The van der Waals surface area contributed by atoms with Crippen LogP contribution in [-0.2, 0) is 0 Å². The Hall–Kier alpha value is -3.16. The standard InChI is InChI=1S/C20H22F2N2O4/c1-12(2)8-9-28-17-7-4-13(10-18(17)27-3)19(25)23-24-20(26)15-11-14(21)5-6-16(15)22/h4-7,10-12H,8-9H2,1-3H3,(H,23,25)(H,24,26). The van der Waals surface area contributed by atoms with Crippen molar-refractivity contribution in [3.63, 3.8) is 0 Å². The smallest absolute Gasteiger partial charge is 0.272 e. The van der Waals surface area contributed by atoms with E-state index in [0.717, 1.165) is 24.6 Å². The Balaban J connectivity index is 2.01. The Morgan fingerprint density at radius 3 is 2.39 bits per heavy atom. The SMILES string of the molecule is COc1cc(C(=O)NNC(=O)c2cc(F)ccc2F)ccc1OCCC(C)C. The average Bonchev–Trinajstić information content (AvgIpc) is 2.67. The van der Waals surface area contributed by atoms with E-state index in [0.29, 0.717) is 24.0 Å². The van der Waals surface area contributed by atoms with Gasteiger partial charge in [-0.2, -0.15) is 0 Å². The van der Waals surface area contributed by atoms with Crippen molar-refractivity contribution in [3.8, 4) is 11.5 Å². The molecule has 28 heavy (non-hydrogen) atoms. The van der Waals surface area contributed by atoms with Crippen LogP contribution in [-0.4, -0.2) is 25.5 Å². The lowest BCUT2D eigenvalue weighted by molar-refractivity contribution is 0.0844. The number of carbonyl (C=O) groups is 2. The number of nitrogens with one attached hydrogen (secondary N) is 2. The first-order valence-electron chi connectivity index (χ1n) is 8.68. The maximum Gasteiger partial charge on any atom is 0.272 e. The van der Waals surface area contributed by atoms with E-state index in [2.05, 4.69) is 19.3 Å². The number of benzene rings is 2. The van der Waals surface area contributed by atoms with Crippen LogP contribution < -0.4 is 20.3 Å². The van der Waals surface area contributed by atoms with Crippen LogP contribution in [0.1, 0.15) is 41.0 Å². The Morgan fingerprint density at radius 2 is 1.71 bits per heavy atom. The zero-order chi connectivity index (χ0) is 20.7. The summed E-state index contributed by atoms with van der Waals surface area (Å²) in [5, 5.41) is 0. The lowest BCUT2D eigenvalue weighted by atomic mass is 10.1. The molecule has 2 aromatic carbocycles. The topological polar surface area (TPSA) is 76.7 Å². The predicted molar refractivity (Wildman–Crippen MR) is 99.2 cm³/mol. The molecule has 150 valence electrons. The van der Waals surface area contributed by atoms with Crippen LogP contribution >= 0.6 is 0 Å².